The molecule has 0 atom stereocenters. The van der Waals surface area contributed by atoms with Crippen molar-refractivity contribution in [2.45, 2.75) is 0 Å². The van der Waals surface area contributed by atoms with Gasteiger partial charge < -0.3 is 14.4 Å². The first kappa shape index (κ1) is 26.4. The Morgan fingerprint density at radius 1 is 0.784 bits per heavy atom. The highest BCUT2D eigenvalue weighted by atomic mass is 32.2. The van der Waals surface area contributed by atoms with E-state index in [1.54, 1.807) is 30.4 Å². The number of imide groups is 2. The standard InChI is InChI=1S/C26H25N3O6S2/c1-27(2)18-8-5-16(6-9-18)13-21-23(30)28(25(32)36-21)11-12-29-24(31)22(37-26(29)33)14-17-7-10-19(34-3)15-20(17)35-4/h5-10,13-15H,11-12H2,1-4H3/b21-13+,22-14-. The lowest BCUT2D eigenvalue weighted by Gasteiger charge is -2.17. The summed E-state index contributed by atoms with van der Waals surface area (Å²) in [5.41, 5.74) is 2.42. The van der Waals surface area contributed by atoms with Crippen LogP contribution >= 0.6 is 23.5 Å². The van der Waals surface area contributed by atoms with E-state index in [-0.39, 0.29) is 18.0 Å². The molecule has 0 aromatic heterocycles. The van der Waals surface area contributed by atoms with Crippen molar-refractivity contribution in [3.63, 3.8) is 0 Å². The van der Waals surface area contributed by atoms with Gasteiger partial charge in [-0.1, -0.05) is 12.1 Å². The molecule has 2 aromatic carbocycles. The van der Waals surface area contributed by atoms with Crippen molar-refractivity contribution in [3.05, 3.63) is 63.4 Å². The van der Waals surface area contributed by atoms with Crippen molar-refractivity contribution in [1.29, 1.82) is 0 Å². The van der Waals surface area contributed by atoms with Crippen LogP contribution in [0.25, 0.3) is 12.2 Å². The summed E-state index contributed by atoms with van der Waals surface area (Å²) in [5, 5.41) is -0.904. The third-order valence-electron chi connectivity index (χ3n) is 5.73. The van der Waals surface area contributed by atoms with Gasteiger partial charge in [-0.15, -0.1) is 0 Å². The van der Waals surface area contributed by atoms with Crippen molar-refractivity contribution in [1.82, 2.24) is 9.80 Å². The van der Waals surface area contributed by atoms with E-state index in [0.29, 0.717) is 22.0 Å². The van der Waals surface area contributed by atoms with Gasteiger partial charge in [-0.2, -0.15) is 0 Å². The molecular weight excluding hydrogens is 514 g/mol. The summed E-state index contributed by atoms with van der Waals surface area (Å²) in [6.45, 7) is -0.177. The molecule has 4 rings (SSSR count). The number of rotatable bonds is 8. The van der Waals surface area contributed by atoms with Crippen LogP contribution in [0.5, 0.6) is 11.5 Å². The summed E-state index contributed by atoms with van der Waals surface area (Å²) in [6, 6.07) is 12.7. The molecule has 9 nitrogen and oxygen atoms in total. The molecular formula is C26H25N3O6S2. The maximum absolute atomic E-state index is 12.9. The van der Waals surface area contributed by atoms with E-state index in [1.165, 1.54) is 14.2 Å². The Kier molecular flexibility index (Phi) is 7.94. The highest BCUT2D eigenvalue weighted by Gasteiger charge is 2.39. The van der Waals surface area contributed by atoms with E-state index in [4.69, 9.17) is 9.47 Å². The average Bonchev–Trinajstić information content (AvgIpc) is 3.31. The zero-order chi connectivity index (χ0) is 26.7. The topological polar surface area (TPSA) is 96.5 Å². The lowest BCUT2D eigenvalue weighted by molar-refractivity contribution is -0.125. The van der Waals surface area contributed by atoms with Gasteiger partial charge in [0, 0.05) is 44.5 Å². The van der Waals surface area contributed by atoms with E-state index >= 15 is 0 Å². The Labute approximate surface area is 223 Å². The molecule has 0 unspecified atom stereocenters. The maximum atomic E-state index is 12.9. The SMILES string of the molecule is COc1ccc(/C=C2\SC(=O)N(CCN3C(=O)S/C(=C/c4ccc(N(C)C)cc4)C3=O)C2=O)c(OC)c1. The molecule has 0 saturated carbocycles. The second-order valence-electron chi connectivity index (χ2n) is 8.26. The number of anilines is 1. The fraction of sp³-hybridized carbons (Fsp3) is 0.231. The molecule has 2 fully saturated rings. The molecule has 37 heavy (non-hydrogen) atoms. The summed E-state index contributed by atoms with van der Waals surface area (Å²) in [6.07, 6.45) is 3.24. The number of carbonyl (C=O) groups is 4. The van der Waals surface area contributed by atoms with Gasteiger partial charge in [0.2, 0.25) is 0 Å². The monoisotopic (exact) mass is 539 g/mol. The van der Waals surface area contributed by atoms with E-state index in [9.17, 15) is 19.2 Å². The maximum Gasteiger partial charge on any atom is 0.293 e. The van der Waals surface area contributed by atoms with Gasteiger partial charge in [-0.25, -0.2) is 0 Å². The number of ether oxygens (including phenoxy) is 2. The number of methoxy groups -OCH3 is 2. The van der Waals surface area contributed by atoms with Crippen LogP contribution in [0.4, 0.5) is 15.3 Å². The Bertz CT molecular complexity index is 1320. The smallest absolute Gasteiger partial charge is 0.293 e. The van der Waals surface area contributed by atoms with Crippen LogP contribution in [0.1, 0.15) is 11.1 Å². The van der Waals surface area contributed by atoms with Gasteiger partial charge in [0.15, 0.2) is 0 Å². The van der Waals surface area contributed by atoms with E-state index in [1.807, 2.05) is 43.3 Å². The Balaban J connectivity index is 1.43. The summed E-state index contributed by atoms with van der Waals surface area (Å²) in [4.78, 5) is 55.5. The number of benzene rings is 2. The Morgan fingerprint density at radius 2 is 1.35 bits per heavy atom. The third kappa shape index (κ3) is 5.67. The van der Waals surface area contributed by atoms with Crippen LogP contribution in [0.3, 0.4) is 0 Å². The number of hydrogen-bond acceptors (Lipinski definition) is 9. The van der Waals surface area contributed by atoms with Crippen molar-refractivity contribution >= 4 is 63.7 Å². The molecule has 0 radical (unpaired) electrons. The quantitative estimate of drug-likeness (QED) is 0.448. The molecule has 2 aliphatic heterocycles. The van der Waals surface area contributed by atoms with E-state index < -0.39 is 22.3 Å². The molecule has 2 heterocycles. The van der Waals surface area contributed by atoms with Crippen LogP contribution in [0.15, 0.2) is 52.3 Å². The number of hydrogen-bond donors (Lipinski definition) is 0. The van der Waals surface area contributed by atoms with Crippen LogP contribution in [0, 0.1) is 0 Å². The van der Waals surface area contributed by atoms with Crippen molar-refractivity contribution in [3.8, 4) is 11.5 Å². The summed E-state index contributed by atoms with van der Waals surface area (Å²) in [5.74, 6) is 0.152. The zero-order valence-electron chi connectivity index (χ0n) is 20.7. The van der Waals surface area contributed by atoms with Gasteiger partial charge in [-0.05, 0) is 65.5 Å². The summed E-state index contributed by atoms with van der Waals surface area (Å²) >= 11 is 1.64. The van der Waals surface area contributed by atoms with E-state index in [0.717, 1.165) is 44.6 Å². The van der Waals surface area contributed by atoms with Gasteiger partial charge in [0.25, 0.3) is 22.3 Å². The minimum absolute atomic E-state index is 0.0846. The lowest BCUT2D eigenvalue weighted by Crippen LogP contribution is -2.39. The van der Waals surface area contributed by atoms with Crippen LogP contribution in [-0.4, -0.2) is 73.5 Å². The molecule has 0 bridgehead atoms. The fourth-order valence-electron chi connectivity index (χ4n) is 3.68. The largest absolute Gasteiger partial charge is 0.497 e. The molecule has 0 N–H and O–H groups in total. The number of thioether (sulfide) groups is 2. The number of carbonyl (C=O) groups excluding carboxylic acids is 4. The second-order valence-corrected chi connectivity index (χ2v) is 10.2. The van der Waals surface area contributed by atoms with Gasteiger partial charge in [0.05, 0.1) is 24.0 Å². The first-order valence-corrected chi connectivity index (χ1v) is 12.8. The first-order chi connectivity index (χ1) is 17.7. The fourth-order valence-corrected chi connectivity index (χ4v) is 5.41. The van der Waals surface area contributed by atoms with Gasteiger partial charge in [0.1, 0.15) is 11.5 Å². The van der Waals surface area contributed by atoms with Crippen LogP contribution in [0.2, 0.25) is 0 Å². The van der Waals surface area contributed by atoms with Crippen LogP contribution in [-0.2, 0) is 9.59 Å². The molecule has 4 amide bonds. The molecule has 0 aliphatic carbocycles. The van der Waals surface area contributed by atoms with Crippen LogP contribution < -0.4 is 14.4 Å². The molecule has 2 saturated heterocycles. The van der Waals surface area contributed by atoms with E-state index in [2.05, 4.69) is 0 Å². The van der Waals surface area contributed by atoms with Crippen molar-refractivity contribution in [2.75, 3.05) is 46.3 Å². The average molecular weight is 540 g/mol. The number of nitrogens with zero attached hydrogens (tertiary/aromatic N) is 3. The minimum Gasteiger partial charge on any atom is -0.497 e. The third-order valence-corrected chi connectivity index (χ3v) is 7.54. The molecule has 11 heteroatoms. The molecule has 192 valence electrons. The van der Waals surface area contributed by atoms with Crippen molar-refractivity contribution < 1.29 is 28.7 Å². The molecule has 2 aromatic rings. The second kappa shape index (κ2) is 11.1. The molecule has 2 aliphatic rings. The van der Waals surface area contributed by atoms with Gasteiger partial charge >= 0.3 is 0 Å². The minimum atomic E-state index is -0.489. The highest BCUT2D eigenvalue weighted by Crippen LogP contribution is 2.36. The summed E-state index contributed by atoms with van der Waals surface area (Å²) in [7, 11) is 6.91. The lowest BCUT2D eigenvalue weighted by atomic mass is 10.1. The number of amides is 4. The Morgan fingerprint density at radius 3 is 1.86 bits per heavy atom. The Hall–Kier alpha value is -3.70. The predicted octanol–water partition coefficient (Wildman–Crippen LogP) is 4.54. The van der Waals surface area contributed by atoms with Gasteiger partial charge in [-0.3, -0.25) is 29.0 Å². The molecule has 0 spiro atoms. The van der Waals surface area contributed by atoms with Crippen molar-refractivity contribution in [2.24, 2.45) is 0 Å². The first-order valence-electron chi connectivity index (χ1n) is 11.2. The predicted molar refractivity (Wildman–Crippen MR) is 146 cm³/mol. The normalized spacial score (nSPS) is 17.9. The zero-order valence-corrected chi connectivity index (χ0v) is 22.4. The summed E-state index contributed by atoms with van der Waals surface area (Å²) < 4.78 is 10.5. The highest BCUT2D eigenvalue weighted by molar-refractivity contribution is 8.18.